The molecule has 0 bridgehead atoms. The van der Waals surface area contributed by atoms with Crippen LogP contribution < -0.4 is 10.5 Å². The molecule has 0 saturated carbocycles. The van der Waals surface area contributed by atoms with Crippen LogP contribution >= 0.6 is 0 Å². The van der Waals surface area contributed by atoms with Gasteiger partial charge in [0.25, 0.3) is 5.91 Å². The Kier molecular flexibility index (Phi) is 4.42. The number of hydrogen-bond donors (Lipinski definition) is 1. The SMILES string of the molecule is CN(CCOc1cccc(F)c1)C(=O)c1nn(C)cc1N. The maximum atomic E-state index is 13.0. The molecule has 0 aliphatic carbocycles. The van der Waals surface area contributed by atoms with Crippen LogP contribution in [-0.2, 0) is 7.05 Å². The van der Waals surface area contributed by atoms with Crippen LogP contribution in [0.4, 0.5) is 10.1 Å². The van der Waals surface area contributed by atoms with Gasteiger partial charge in [-0.2, -0.15) is 5.10 Å². The van der Waals surface area contributed by atoms with Gasteiger partial charge >= 0.3 is 0 Å². The molecule has 112 valence electrons. The Hall–Kier alpha value is -2.57. The zero-order valence-corrected chi connectivity index (χ0v) is 11.9. The molecule has 0 spiro atoms. The lowest BCUT2D eigenvalue weighted by Crippen LogP contribution is -2.31. The number of benzene rings is 1. The molecule has 1 aromatic carbocycles. The van der Waals surface area contributed by atoms with Crippen molar-refractivity contribution < 1.29 is 13.9 Å². The molecule has 1 amide bonds. The highest BCUT2D eigenvalue weighted by molar-refractivity contribution is 5.96. The molecule has 7 heteroatoms. The van der Waals surface area contributed by atoms with Crippen molar-refractivity contribution >= 4 is 11.6 Å². The third-order valence-electron chi connectivity index (χ3n) is 2.90. The standard InChI is InChI=1S/C14H17FN4O2/c1-18(14(20)13-12(16)9-19(2)17-13)6-7-21-11-5-3-4-10(15)8-11/h3-5,8-9H,6-7,16H2,1-2H3. The maximum Gasteiger partial charge on any atom is 0.276 e. The lowest BCUT2D eigenvalue weighted by atomic mass is 10.3. The highest BCUT2D eigenvalue weighted by Crippen LogP contribution is 2.13. The first-order valence-corrected chi connectivity index (χ1v) is 6.40. The van der Waals surface area contributed by atoms with Crippen LogP contribution in [0.1, 0.15) is 10.5 Å². The molecule has 21 heavy (non-hydrogen) atoms. The molecule has 2 N–H and O–H groups in total. The van der Waals surface area contributed by atoms with E-state index in [0.717, 1.165) is 0 Å². The van der Waals surface area contributed by atoms with E-state index in [2.05, 4.69) is 5.10 Å². The van der Waals surface area contributed by atoms with E-state index in [1.54, 1.807) is 32.4 Å². The molecule has 0 radical (unpaired) electrons. The molecule has 0 aliphatic heterocycles. The molecule has 2 rings (SSSR count). The predicted molar refractivity (Wildman–Crippen MR) is 76.5 cm³/mol. The van der Waals surface area contributed by atoms with Crippen molar-refractivity contribution in [2.45, 2.75) is 0 Å². The number of aryl methyl sites for hydroxylation is 1. The van der Waals surface area contributed by atoms with E-state index in [0.29, 0.717) is 18.0 Å². The topological polar surface area (TPSA) is 73.4 Å². The number of carbonyl (C=O) groups excluding carboxylic acids is 1. The average molecular weight is 292 g/mol. The van der Waals surface area contributed by atoms with Gasteiger partial charge in [0.2, 0.25) is 0 Å². The minimum Gasteiger partial charge on any atom is -0.492 e. The number of nitrogens with two attached hydrogens (primary N) is 1. The van der Waals surface area contributed by atoms with Gasteiger partial charge in [-0.1, -0.05) is 6.07 Å². The largest absolute Gasteiger partial charge is 0.492 e. The number of hydrogen-bond acceptors (Lipinski definition) is 4. The normalized spacial score (nSPS) is 10.4. The van der Waals surface area contributed by atoms with Crippen molar-refractivity contribution in [1.29, 1.82) is 0 Å². The summed E-state index contributed by atoms with van der Waals surface area (Å²) >= 11 is 0. The van der Waals surface area contributed by atoms with E-state index in [9.17, 15) is 9.18 Å². The number of anilines is 1. The van der Waals surface area contributed by atoms with Crippen LogP contribution in [0.5, 0.6) is 5.75 Å². The lowest BCUT2D eigenvalue weighted by molar-refractivity contribution is 0.0768. The molecule has 0 saturated heterocycles. The number of rotatable bonds is 5. The highest BCUT2D eigenvalue weighted by Gasteiger charge is 2.18. The first-order chi connectivity index (χ1) is 9.97. The van der Waals surface area contributed by atoms with Gasteiger partial charge in [0.15, 0.2) is 5.69 Å². The number of nitrogen functional groups attached to an aromatic ring is 1. The van der Waals surface area contributed by atoms with Crippen LogP contribution in [0.15, 0.2) is 30.5 Å². The van der Waals surface area contributed by atoms with Crippen LogP contribution in [0, 0.1) is 5.82 Å². The van der Waals surface area contributed by atoms with Gasteiger partial charge in [-0.15, -0.1) is 0 Å². The Labute approximate surface area is 121 Å². The monoisotopic (exact) mass is 292 g/mol. The number of amides is 1. The van der Waals surface area contributed by atoms with Crippen molar-refractivity contribution in [3.8, 4) is 5.75 Å². The minimum atomic E-state index is -0.363. The highest BCUT2D eigenvalue weighted by atomic mass is 19.1. The summed E-state index contributed by atoms with van der Waals surface area (Å²) in [7, 11) is 3.32. The Morgan fingerprint density at radius 1 is 1.52 bits per heavy atom. The van der Waals surface area contributed by atoms with Crippen molar-refractivity contribution in [3.05, 3.63) is 42.0 Å². The van der Waals surface area contributed by atoms with E-state index in [1.807, 2.05) is 0 Å². The summed E-state index contributed by atoms with van der Waals surface area (Å²) < 4.78 is 19.9. The van der Waals surface area contributed by atoms with Gasteiger partial charge < -0.3 is 15.4 Å². The summed E-state index contributed by atoms with van der Waals surface area (Å²) in [4.78, 5) is 13.6. The third-order valence-corrected chi connectivity index (χ3v) is 2.90. The van der Waals surface area contributed by atoms with E-state index in [-0.39, 0.29) is 24.0 Å². The zero-order chi connectivity index (χ0) is 15.4. The van der Waals surface area contributed by atoms with Gasteiger partial charge in [0.1, 0.15) is 18.2 Å². The van der Waals surface area contributed by atoms with Crippen molar-refractivity contribution in [2.75, 3.05) is 25.9 Å². The van der Waals surface area contributed by atoms with Crippen LogP contribution in [-0.4, -0.2) is 40.8 Å². The number of aromatic nitrogens is 2. The quantitative estimate of drug-likeness (QED) is 0.901. The molecule has 0 aliphatic rings. The molecule has 1 aromatic heterocycles. The van der Waals surface area contributed by atoms with Gasteiger partial charge in [-0.3, -0.25) is 9.48 Å². The zero-order valence-electron chi connectivity index (χ0n) is 11.9. The smallest absolute Gasteiger partial charge is 0.276 e. The second-order valence-electron chi connectivity index (χ2n) is 4.64. The second kappa shape index (κ2) is 6.25. The van der Waals surface area contributed by atoms with Crippen molar-refractivity contribution in [3.63, 3.8) is 0 Å². The molecule has 0 unspecified atom stereocenters. The van der Waals surface area contributed by atoms with Gasteiger partial charge in [-0.25, -0.2) is 4.39 Å². The van der Waals surface area contributed by atoms with E-state index in [1.165, 1.54) is 21.7 Å². The Balaban J connectivity index is 1.88. The van der Waals surface area contributed by atoms with Gasteiger partial charge in [0.05, 0.1) is 12.2 Å². The first kappa shape index (κ1) is 14.8. The Morgan fingerprint density at radius 2 is 2.29 bits per heavy atom. The Morgan fingerprint density at radius 3 is 2.90 bits per heavy atom. The summed E-state index contributed by atoms with van der Waals surface area (Å²) in [5.41, 5.74) is 6.26. The molecule has 1 heterocycles. The van der Waals surface area contributed by atoms with Crippen molar-refractivity contribution in [1.82, 2.24) is 14.7 Å². The van der Waals surface area contributed by atoms with Crippen LogP contribution in [0.25, 0.3) is 0 Å². The van der Waals surface area contributed by atoms with E-state index < -0.39 is 0 Å². The summed E-state index contributed by atoms with van der Waals surface area (Å²) in [6.45, 7) is 0.587. The predicted octanol–water partition coefficient (Wildman–Crippen LogP) is 1.29. The fraction of sp³-hybridized carbons (Fsp3) is 0.286. The number of likely N-dealkylation sites (N-methyl/N-ethyl adjacent to an activating group) is 1. The lowest BCUT2D eigenvalue weighted by Gasteiger charge is -2.16. The summed E-state index contributed by atoms with van der Waals surface area (Å²) in [5, 5.41) is 4.02. The number of nitrogens with zero attached hydrogens (tertiary/aromatic N) is 3. The third kappa shape index (κ3) is 3.71. The Bertz CT molecular complexity index is 642. The molecule has 2 aromatic rings. The van der Waals surface area contributed by atoms with Crippen LogP contribution in [0.3, 0.4) is 0 Å². The number of ether oxygens (including phenoxy) is 1. The van der Waals surface area contributed by atoms with Gasteiger partial charge in [-0.05, 0) is 12.1 Å². The summed E-state index contributed by atoms with van der Waals surface area (Å²) in [6.07, 6.45) is 1.57. The summed E-state index contributed by atoms with van der Waals surface area (Å²) in [5.74, 6) is -0.220. The first-order valence-electron chi connectivity index (χ1n) is 6.40. The van der Waals surface area contributed by atoms with E-state index in [4.69, 9.17) is 10.5 Å². The molecule has 0 fully saturated rings. The van der Waals surface area contributed by atoms with Gasteiger partial charge in [0, 0.05) is 26.4 Å². The molecular formula is C14H17FN4O2. The minimum absolute atomic E-state index is 0.214. The second-order valence-corrected chi connectivity index (χ2v) is 4.64. The average Bonchev–Trinajstić information content (AvgIpc) is 2.77. The van der Waals surface area contributed by atoms with Crippen LogP contribution in [0.2, 0.25) is 0 Å². The number of halogens is 1. The fourth-order valence-corrected chi connectivity index (χ4v) is 1.81. The summed E-state index contributed by atoms with van der Waals surface area (Å²) in [6, 6.07) is 5.85. The fourth-order valence-electron chi connectivity index (χ4n) is 1.81. The number of carbonyl (C=O) groups is 1. The molecule has 0 atom stereocenters. The maximum absolute atomic E-state index is 13.0. The van der Waals surface area contributed by atoms with E-state index >= 15 is 0 Å². The molecular weight excluding hydrogens is 275 g/mol. The van der Waals surface area contributed by atoms with Crippen molar-refractivity contribution in [2.24, 2.45) is 7.05 Å². The molecule has 6 nitrogen and oxygen atoms in total.